The first kappa shape index (κ1) is 18.9. The van der Waals surface area contributed by atoms with Crippen molar-refractivity contribution in [2.75, 3.05) is 13.1 Å². The summed E-state index contributed by atoms with van der Waals surface area (Å²) < 4.78 is 2.11. The van der Waals surface area contributed by atoms with E-state index in [1.807, 2.05) is 0 Å². The summed E-state index contributed by atoms with van der Waals surface area (Å²) in [6, 6.07) is 1.31. The van der Waals surface area contributed by atoms with Gasteiger partial charge in [-0.3, -0.25) is 9.58 Å². The van der Waals surface area contributed by atoms with E-state index in [9.17, 15) is 5.11 Å². The quantitative estimate of drug-likeness (QED) is 0.859. The molecule has 0 aromatic carbocycles. The number of aliphatic hydroxyl groups is 1. The fourth-order valence-electron chi connectivity index (χ4n) is 5.00. The van der Waals surface area contributed by atoms with Crippen LogP contribution in [0, 0.1) is 13.8 Å². The first-order valence-corrected chi connectivity index (χ1v) is 10.2. The Hall–Kier alpha value is -0.910. The van der Waals surface area contributed by atoms with Crippen molar-refractivity contribution in [2.45, 2.75) is 97.0 Å². The molecular formula is C20H36N4O. The molecule has 1 saturated carbocycles. The molecule has 1 aromatic rings. The predicted octanol–water partition coefficient (Wildman–Crippen LogP) is 2.94. The van der Waals surface area contributed by atoms with Crippen LogP contribution in [0.25, 0.3) is 0 Å². The van der Waals surface area contributed by atoms with Crippen molar-refractivity contribution in [1.29, 1.82) is 0 Å². The van der Waals surface area contributed by atoms with Crippen LogP contribution in [0.5, 0.6) is 0 Å². The summed E-state index contributed by atoms with van der Waals surface area (Å²) >= 11 is 0. The largest absolute Gasteiger partial charge is 0.391 e. The molecule has 1 aliphatic heterocycles. The van der Waals surface area contributed by atoms with Crippen LogP contribution >= 0.6 is 0 Å². The molecule has 3 unspecified atom stereocenters. The Morgan fingerprint density at radius 3 is 2.44 bits per heavy atom. The van der Waals surface area contributed by atoms with Crippen LogP contribution in [0.15, 0.2) is 0 Å². The summed E-state index contributed by atoms with van der Waals surface area (Å²) in [6.07, 6.45) is 6.86. The third-order valence-corrected chi connectivity index (χ3v) is 6.35. The zero-order valence-electron chi connectivity index (χ0n) is 16.5. The summed E-state index contributed by atoms with van der Waals surface area (Å²) in [7, 11) is 0. The van der Waals surface area contributed by atoms with Crippen LogP contribution < -0.4 is 5.32 Å². The van der Waals surface area contributed by atoms with Crippen LogP contribution in [0.1, 0.15) is 75.4 Å². The zero-order valence-corrected chi connectivity index (χ0v) is 16.5. The highest BCUT2D eigenvalue weighted by atomic mass is 16.3. The molecule has 2 aliphatic rings. The van der Waals surface area contributed by atoms with Gasteiger partial charge in [-0.15, -0.1) is 0 Å². The molecule has 5 heteroatoms. The van der Waals surface area contributed by atoms with Crippen molar-refractivity contribution < 1.29 is 5.11 Å². The van der Waals surface area contributed by atoms with Gasteiger partial charge in [0.05, 0.1) is 11.8 Å². The SMILES string of the molecule is CCn1nc(C)c(C(C)NC2CCN(C3CCCCC3O)CC2)c1C. The van der Waals surface area contributed by atoms with E-state index in [1.165, 1.54) is 43.4 Å². The number of nitrogens with one attached hydrogen (secondary N) is 1. The number of aryl methyl sites for hydroxylation is 2. The van der Waals surface area contributed by atoms with E-state index in [0.717, 1.165) is 31.7 Å². The molecule has 0 bridgehead atoms. The lowest BCUT2D eigenvalue weighted by Crippen LogP contribution is -2.51. The predicted molar refractivity (Wildman–Crippen MR) is 102 cm³/mol. The van der Waals surface area contributed by atoms with Crippen molar-refractivity contribution in [1.82, 2.24) is 20.0 Å². The molecule has 0 amide bonds. The summed E-state index contributed by atoms with van der Waals surface area (Å²) in [5.41, 5.74) is 3.82. The van der Waals surface area contributed by atoms with Crippen molar-refractivity contribution in [3.05, 3.63) is 17.0 Å². The second-order valence-electron chi connectivity index (χ2n) is 8.02. The van der Waals surface area contributed by atoms with Crippen LogP contribution in [0.3, 0.4) is 0 Å². The Morgan fingerprint density at radius 1 is 1.16 bits per heavy atom. The highest BCUT2D eigenvalue weighted by Gasteiger charge is 2.32. The number of hydrogen-bond acceptors (Lipinski definition) is 4. The minimum atomic E-state index is -0.109. The highest BCUT2D eigenvalue weighted by Crippen LogP contribution is 2.27. The van der Waals surface area contributed by atoms with Gasteiger partial charge in [-0.05, 0) is 53.4 Å². The maximum atomic E-state index is 10.3. The summed E-state index contributed by atoms with van der Waals surface area (Å²) in [5.74, 6) is 0. The maximum Gasteiger partial charge on any atom is 0.0695 e. The Labute approximate surface area is 152 Å². The number of aromatic nitrogens is 2. The van der Waals surface area contributed by atoms with E-state index >= 15 is 0 Å². The Balaban J connectivity index is 1.54. The average Bonchev–Trinajstić information content (AvgIpc) is 2.90. The first-order valence-electron chi connectivity index (χ1n) is 10.2. The van der Waals surface area contributed by atoms with E-state index in [-0.39, 0.29) is 6.10 Å². The summed E-state index contributed by atoms with van der Waals surface area (Å²) in [6.45, 7) is 11.9. The Kier molecular flexibility index (Phi) is 6.18. The van der Waals surface area contributed by atoms with Crippen LogP contribution in [0.4, 0.5) is 0 Å². The van der Waals surface area contributed by atoms with E-state index < -0.39 is 0 Å². The minimum Gasteiger partial charge on any atom is -0.391 e. The van der Waals surface area contributed by atoms with Crippen LogP contribution in [-0.4, -0.2) is 51.1 Å². The number of aliphatic hydroxyl groups excluding tert-OH is 1. The normalized spacial score (nSPS) is 27.6. The van der Waals surface area contributed by atoms with Gasteiger partial charge in [-0.25, -0.2) is 0 Å². The van der Waals surface area contributed by atoms with E-state index in [1.54, 1.807) is 0 Å². The minimum absolute atomic E-state index is 0.109. The molecule has 3 rings (SSSR count). The number of nitrogens with zero attached hydrogens (tertiary/aromatic N) is 3. The third kappa shape index (κ3) is 4.09. The summed E-state index contributed by atoms with van der Waals surface area (Å²) in [5, 5.41) is 18.8. The molecule has 5 nitrogen and oxygen atoms in total. The molecule has 0 spiro atoms. The van der Waals surface area contributed by atoms with Crippen molar-refractivity contribution in [3.63, 3.8) is 0 Å². The number of rotatable bonds is 5. The highest BCUT2D eigenvalue weighted by molar-refractivity contribution is 5.28. The lowest BCUT2D eigenvalue weighted by molar-refractivity contribution is 0.00670. The van der Waals surface area contributed by atoms with Gasteiger partial charge in [0.2, 0.25) is 0 Å². The molecule has 1 aromatic heterocycles. The fraction of sp³-hybridized carbons (Fsp3) is 0.850. The molecular weight excluding hydrogens is 312 g/mol. The van der Waals surface area contributed by atoms with Gasteiger partial charge in [0.1, 0.15) is 0 Å². The monoisotopic (exact) mass is 348 g/mol. The molecule has 142 valence electrons. The second-order valence-corrected chi connectivity index (χ2v) is 8.02. The van der Waals surface area contributed by atoms with Crippen molar-refractivity contribution >= 4 is 0 Å². The van der Waals surface area contributed by atoms with Gasteiger partial charge < -0.3 is 10.4 Å². The molecule has 2 N–H and O–H groups in total. The Morgan fingerprint density at radius 2 is 1.84 bits per heavy atom. The zero-order chi connectivity index (χ0) is 18.0. The summed E-state index contributed by atoms with van der Waals surface area (Å²) in [4.78, 5) is 2.54. The fourth-order valence-corrected chi connectivity index (χ4v) is 5.00. The number of likely N-dealkylation sites (tertiary alicyclic amines) is 1. The van der Waals surface area contributed by atoms with E-state index in [4.69, 9.17) is 0 Å². The second kappa shape index (κ2) is 8.19. The Bertz CT molecular complexity index is 562. The van der Waals surface area contributed by atoms with Gasteiger partial charge in [0, 0.05) is 49.0 Å². The van der Waals surface area contributed by atoms with Crippen molar-refractivity contribution in [3.8, 4) is 0 Å². The molecule has 2 fully saturated rings. The average molecular weight is 349 g/mol. The molecule has 2 heterocycles. The molecule has 1 aliphatic carbocycles. The van der Waals surface area contributed by atoms with Gasteiger partial charge in [-0.1, -0.05) is 12.8 Å². The smallest absolute Gasteiger partial charge is 0.0695 e. The lowest BCUT2D eigenvalue weighted by Gasteiger charge is -2.42. The topological polar surface area (TPSA) is 53.3 Å². The van der Waals surface area contributed by atoms with Crippen molar-refractivity contribution in [2.24, 2.45) is 0 Å². The van der Waals surface area contributed by atoms with Gasteiger partial charge >= 0.3 is 0 Å². The lowest BCUT2D eigenvalue weighted by atomic mass is 9.89. The van der Waals surface area contributed by atoms with Crippen LogP contribution in [0.2, 0.25) is 0 Å². The standard InChI is InChI=1S/C20H36N4O/c1-5-24-16(4)20(15(3)22-24)14(2)21-17-10-12-23(13-11-17)18-8-6-7-9-19(18)25/h14,17-19,21,25H,5-13H2,1-4H3. The molecule has 0 radical (unpaired) electrons. The van der Waals surface area contributed by atoms with Gasteiger partial charge in [0.15, 0.2) is 0 Å². The molecule has 3 atom stereocenters. The number of hydrogen-bond donors (Lipinski definition) is 2. The van der Waals surface area contributed by atoms with E-state index in [2.05, 4.69) is 47.7 Å². The number of piperidine rings is 1. The third-order valence-electron chi connectivity index (χ3n) is 6.35. The van der Waals surface area contributed by atoms with E-state index in [0.29, 0.717) is 18.1 Å². The van der Waals surface area contributed by atoms with Gasteiger partial charge in [0.25, 0.3) is 0 Å². The van der Waals surface area contributed by atoms with Crippen LogP contribution in [-0.2, 0) is 6.54 Å². The molecule has 25 heavy (non-hydrogen) atoms. The van der Waals surface area contributed by atoms with Gasteiger partial charge in [-0.2, -0.15) is 5.10 Å². The molecule has 1 saturated heterocycles. The first-order chi connectivity index (χ1) is 12.0. The maximum absolute atomic E-state index is 10.3.